The number of likely N-dealkylation sites (tertiary alicyclic amines) is 1. The van der Waals surface area contributed by atoms with Crippen LogP contribution in [0, 0.1) is 5.92 Å². The molecular formula is C16H31NO2. The lowest BCUT2D eigenvalue weighted by Crippen LogP contribution is -2.42. The fourth-order valence-corrected chi connectivity index (χ4v) is 3.48. The molecule has 2 rings (SSSR count). The second-order valence-electron chi connectivity index (χ2n) is 6.43. The van der Waals surface area contributed by atoms with Gasteiger partial charge in [0.15, 0.2) is 0 Å². The second-order valence-corrected chi connectivity index (χ2v) is 6.43. The number of methoxy groups -OCH3 is 1. The van der Waals surface area contributed by atoms with E-state index in [9.17, 15) is 0 Å². The van der Waals surface area contributed by atoms with E-state index in [-0.39, 0.29) is 0 Å². The van der Waals surface area contributed by atoms with Gasteiger partial charge < -0.3 is 14.4 Å². The topological polar surface area (TPSA) is 21.7 Å². The highest BCUT2D eigenvalue weighted by atomic mass is 16.5. The van der Waals surface area contributed by atoms with Gasteiger partial charge in [-0.25, -0.2) is 0 Å². The van der Waals surface area contributed by atoms with Crippen LogP contribution in [0.5, 0.6) is 0 Å². The molecule has 0 aromatic rings. The Hall–Kier alpha value is -0.120. The molecule has 0 aliphatic carbocycles. The van der Waals surface area contributed by atoms with Crippen LogP contribution < -0.4 is 0 Å². The molecule has 0 bridgehead atoms. The molecule has 19 heavy (non-hydrogen) atoms. The molecule has 2 heterocycles. The first-order valence-corrected chi connectivity index (χ1v) is 8.09. The standard InChI is InChI=1S/C16H31NO2/c1-13(16-5-4-12-19-16)6-7-14(2)17-10-8-15(18-3)9-11-17/h13-16H,4-12H2,1-3H3. The molecule has 0 aromatic carbocycles. The van der Waals surface area contributed by atoms with Crippen LogP contribution in [-0.4, -0.2) is 50.0 Å². The van der Waals surface area contributed by atoms with E-state index in [1.807, 2.05) is 7.11 Å². The number of nitrogens with zero attached hydrogens (tertiary/aromatic N) is 1. The molecule has 3 heteroatoms. The van der Waals surface area contributed by atoms with Gasteiger partial charge in [-0.3, -0.25) is 0 Å². The highest BCUT2D eigenvalue weighted by Gasteiger charge is 2.25. The molecule has 2 fully saturated rings. The molecule has 112 valence electrons. The van der Waals surface area contributed by atoms with E-state index in [1.165, 1.54) is 51.6 Å². The summed E-state index contributed by atoms with van der Waals surface area (Å²) in [5.41, 5.74) is 0. The molecular weight excluding hydrogens is 238 g/mol. The fraction of sp³-hybridized carbons (Fsp3) is 1.00. The van der Waals surface area contributed by atoms with E-state index >= 15 is 0 Å². The van der Waals surface area contributed by atoms with Gasteiger partial charge in [-0.1, -0.05) is 6.92 Å². The summed E-state index contributed by atoms with van der Waals surface area (Å²) >= 11 is 0. The third-order valence-electron chi connectivity index (χ3n) is 5.07. The quantitative estimate of drug-likeness (QED) is 0.739. The summed E-state index contributed by atoms with van der Waals surface area (Å²) in [7, 11) is 1.84. The van der Waals surface area contributed by atoms with Gasteiger partial charge in [0.25, 0.3) is 0 Å². The maximum atomic E-state index is 5.79. The van der Waals surface area contributed by atoms with Gasteiger partial charge in [-0.05, 0) is 51.4 Å². The lowest BCUT2D eigenvalue weighted by molar-refractivity contribution is 0.0247. The number of ether oxygens (including phenoxy) is 2. The maximum Gasteiger partial charge on any atom is 0.0601 e. The van der Waals surface area contributed by atoms with Crippen LogP contribution in [0.15, 0.2) is 0 Å². The van der Waals surface area contributed by atoms with E-state index < -0.39 is 0 Å². The summed E-state index contributed by atoms with van der Waals surface area (Å²) in [6.45, 7) is 8.13. The highest BCUT2D eigenvalue weighted by molar-refractivity contribution is 4.78. The van der Waals surface area contributed by atoms with Crippen molar-refractivity contribution in [2.24, 2.45) is 5.92 Å². The number of hydrogen-bond donors (Lipinski definition) is 0. The molecule has 3 nitrogen and oxygen atoms in total. The zero-order valence-electron chi connectivity index (χ0n) is 12.9. The summed E-state index contributed by atoms with van der Waals surface area (Å²) < 4.78 is 11.2. The monoisotopic (exact) mass is 269 g/mol. The van der Waals surface area contributed by atoms with E-state index in [4.69, 9.17) is 9.47 Å². The van der Waals surface area contributed by atoms with Crippen molar-refractivity contribution >= 4 is 0 Å². The van der Waals surface area contributed by atoms with Gasteiger partial charge in [-0.15, -0.1) is 0 Å². The smallest absolute Gasteiger partial charge is 0.0601 e. The predicted octanol–water partition coefficient (Wildman–Crippen LogP) is 3.08. The zero-order valence-corrected chi connectivity index (χ0v) is 12.9. The Bertz CT molecular complexity index is 245. The first-order valence-electron chi connectivity index (χ1n) is 8.09. The molecule has 0 radical (unpaired) electrons. The molecule has 2 saturated heterocycles. The lowest BCUT2D eigenvalue weighted by atomic mass is 9.94. The molecule has 0 saturated carbocycles. The summed E-state index contributed by atoms with van der Waals surface area (Å²) in [5.74, 6) is 0.724. The molecule has 0 amide bonds. The van der Waals surface area contributed by atoms with E-state index in [2.05, 4.69) is 18.7 Å². The molecule has 3 unspecified atom stereocenters. The van der Waals surface area contributed by atoms with E-state index in [1.54, 1.807) is 0 Å². The van der Waals surface area contributed by atoms with Crippen molar-refractivity contribution < 1.29 is 9.47 Å². The van der Waals surface area contributed by atoms with Gasteiger partial charge >= 0.3 is 0 Å². The Morgan fingerprint density at radius 1 is 1.16 bits per heavy atom. The van der Waals surface area contributed by atoms with E-state index in [0.29, 0.717) is 18.2 Å². The lowest BCUT2D eigenvalue weighted by Gasteiger charge is -2.36. The Kier molecular flexibility index (Phi) is 6.11. The van der Waals surface area contributed by atoms with Gasteiger partial charge in [0.05, 0.1) is 12.2 Å². The average molecular weight is 269 g/mol. The Morgan fingerprint density at radius 2 is 1.89 bits per heavy atom. The number of piperidine rings is 1. The van der Waals surface area contributed by atoms with Crippen LogP contribution in [0.2, 0.25) is 0 Å². The number of hydrogen-bond acceptors (Lipinski definition) is 3. The Labute approximate surface area is 118 Å². The SMILES string of the molecule is COC1CCN(C(C)CCC(C)C2CCCO2)CC1. The van der Waals surface area contributed by atoms with Gasteiger partial charge in [0.1, 0.15) is 0 Å². The molecule has 2 aliphatic heterocycles. The zero-order chi connectivity index (χ0) is 13.7. The van der Waals surface area contributed by atoms with Crippen molar-refractivity contribution in [2.45, 2.75) is 70.6 Å². The van der Waals surface area contributed by atoms with Crippen LogP contribution in [0.1, 0.15) is 52.4 Å². The average Bonchev–Trinajstić information content (AvgIpc) is 2.98. The minimum Gasteiger partial charge on any atom is -0.381 e. The first-order chi connectivity index (χ1) is 9.20. The third-order valence-corrected chi connectivity index (χ3v) is 5.07. The third kappa shape index (κ3) is 4.44. The fourth-order valence-electron chi connectivity index (χ4n) is 3.48. The molecule has 0 spiro atoms. The van der Waals surface area contributed by atoms with Crippen molar-refractivity contribution in [1.82, 2.24) is 4.90 Å². The van der Waals surface area contributed by atoms with Gasteiger partial charge in [-0.2, -0.15) is 0 Å². The van der Waals surface area contributed by atoms with Crippen LogP contribution in [0.25, 0.3) is 0 Å². The molecule has 0 aromatic heterocycles. The summed E-state index contributed by atoms with van der Waals surface area (Å²) in [6, 6.07) is 0.710. The Balaban J connectivity index is 1.65. The minimum atomic E-state index is 0.495. The minimum absolute atomic E-state index is 0.495. The van der Waals surface area contributed by atoms with Gasteiger partial charge in [0.2, 0.25) is 0 Å². The molecule has 0 N–H and O–H groups in total. The van der Waals surface area contributed by atoms with Crippen molar-refractivity contribution in [2.75, 3.05) is 26.8 Å². The van der Waals surface area contributed by atoms with Crippen molar-refractivity contribution in [1.29, 1.82) is 0 Å². The largest absolute Gasteiger partial charge is 0.381 e. The maximum absolute atomic E-state index is 5.79. The van der Waals surface area contributed by atoms with Crippen molar-refractivity contribution in [3.63, 3.8) is 0 Å². The molecule has 2 aliphatic rings. The van der Waals surface area contributed by atoms with Crippen LogP contribution in [0.3, 0.4) is 0 Å². The van der Waals surface area contributed by atoms with Gasteiger partial charge in [0, 0.05) is 32.8 Å². The van der Waals surface area contributed by atoms with Crippen LogP contribution >= 0.6 is 0 Å². The van der Waals surface area contributed by atoms with Crippen molar-refractivity contribution in [3.8, 4) is 0 Å². The summed E-state index contributed by atoms with van der Waals surface area (Å²) in [4.78, 5) is 2.64. The number of rotatable bonds is 6. The predicted molar refractivity (Wildman–Crippen MR) is 78.4 cm³/mol. The summed E-state index contributed by atoms with van der Waals surface area (Å²) in [6.07, 6.45) is 8.56. The Morgan fingerprint density at radius 3 is 2.47 bits per heavy atom. The summed E-state index contributed by atoms with van der Waals surface area (Å²) in [5, 5.41) is 0. The highest BCUT2D eigenvalue weighted by Crippen LogP contribution is 2.25. The van der Waals surface area contributed by atoms with Crippen LogP contribution in [-0.2, 0) is 9.47 Å². The second kappa shape index (κ2) is 7.61. The van der Waals surface area contributed by atoms with Crippen LogP contribution in [0.4, 0.5) is 0 Å². The first kappa shape index (κ1) is 15.3. The normalized spacial score (nSPS) is 29.5. The van der Waals surface area contributed by atoms with E-state index in [0.717, 1.165) is 12.5 Å². The van der Waals surface area contributed by atoms with Crippen molar-refractivity contribution in [3.05, 3.63) is 0 Å². The molecule has 3 atom stereocenters.